The Morgan fingerprint density at radius 1 is 0.231 bits per heavy atom. The molecule has 52 heavy (non-hydrogen) atoms. The smallest absolute Gasteiger partial charge is 0.139 e. The van der Waals surface area contributed by atoms with Crippen LogP contribution in [0.25, 0.3) is 110 Å². The summed E-state index contributed by atoms with van der Waals surface area (Å²) in [7, 11) is 0. The summed E-state index contributed by atoms with van der Waals surface area (Å²) >= 11 is 0. The molecule has 0 amide bonds. The summed E-state index contributed by atoms with van der Waals surface area (Å²) in [5, 5.41) is 9.27. The van der Waals surface area contributed by atoms with Crippen LogP contribution >= 0.6 is 0 Å². The summed E-state index contributed by atoms with van der Waals surface area (Å²) in [6, 6.07) is 65.3. The highest BCUT2D eigenvalue weighted by atomic mass is 16.3. The number of rotatable bonds is 4. The number of hydrogen-bond donors (Lipinski definition) is 0. The predicted octanol–water partition coefficient (Wildman–Crippen LogP) is 14.5. The Kier molecular flexibility index (Phi) is 6.28. The lowest BCUT2D eigenvalue weighted by Crippen LogP contribution is -1.95. The van der Waals surface area contributed by atoms with Gasteiger partial charge in [-0.15, -0.1) is 0 Å². The summed E-state index contributed by atoms with van der Waals surface area (Å²) in [4.78, 5) is 0. The fourth-order valence-corrected chi connectivity index (χ4v) is 8.40. The maximum atomic E-state index is 6.45. The normalized spacial score (nSPS) is 11.8. The number of fused-ring (bicyclic) bond motifs is 8. The van der Waals surface area contributed by atoms with Crippen molar-refractivity contribution >= 4 is 65.4 Å². The van der Waals surface area contributed by atoms with Crippen molar-refractivity contribution in [1.82, 2.24) is 0 Å². The molecule has 0 fully saturated rings. The van der Waals surface area contributed by atoms with Crippen LogP contribution in [0, 0.1) is 0 Å². The van der Waals surface area contributed by atoms with Crippen LogP contribution in [-0.4, -0.2) is 0 Å². The molecule has 0 atom stereocenters. The van der Waals surface area contributed by atoms with Gasteiger partial charge in [-0.3, -0.25) is 0 Å². The van der Waals surface area contributed by atoms with Crippen LogP contribution in [0.4, 0.5) is 0 Å². The van der Waals surface area contributed by atoms with Crippen molar-refractivity contribution in [2.24, 2.45) is 0 Å². The van der Waals surface area contributed by atoms with Crippen LogP contribution in [0.15, 0.2) is 191 Å². The molecule has 0 radical (unpaired) electrons. The van der Waals surface area contributed by atoms with Gasteiger partial charge in [-0.25, -0.2) is 0 Å². The number of hydrogen-bond acceptors (Lipinski definition) is 2. The van der Waals surface area contributed by atoms with E-state index >= 15 is 0 Å². The van der Waals surface area contributed by atoms with Crippen molar-refractivity contribution in [3.05, 3.63) is 182 Å². The van der Waals surface area contributed by atoms with E-state index in [1.165, 1.54) is 60.5 Å². The summed E-state index contributed by atoms with van der Waals surface area (Å²) in [5.41, 5.74) is 13.1. The average Bonchev–Trinajstić information content (AvgIpc) is 3.76. The van der Waals surface area contributed by atoms with Crippen LogP contribution < -0.4 is 0 Å². The van der Waals surface area contributed by atoms with E-state index in [0.717, 1.165) is 49.4 Å². The predicted molar refractivity (Wildman–Crippen MR) is 218 cm³/mol. The monoisotopic (exact) mass is 662 g/mol. The third kappa shape index (κ3) is 4.31. The maximum Gasteiger partial charge on any atom is 0.139 e. The summed E-state index contributed by atoms with van der Waals surface area (Å²) < 4.78 is 12.7. The van der Waals surface area contributed by atoms with Gasteiger partial charge in [0.05, 0.1) is 0 Å². The first kappa shape index (κ1) is 28.9. The minimum absolute atomic E-state index is 0.828. The summed E-state index contributed by atoms with van der Waals surface area (Å²) in [6.07, 6.45) is 0. The van der Waals surface area contributed by atoms with Gasteiger partial charge in [0.15, 0.2) is 0 Å². The van der Waals surface area contributed by atoms with Gasteiger partial charge in [0.2, 0.25) is 0 Å². The summed E-state index contributed by atoms with van der Waals surface area (Å²) in [5.74, 6) is 0. The molecule has 11 rings (SSSR count). The van der Waals surface area contributed by atoms with E-state index in [2.05, 4.69) is 164 Å². The first-order valence-electron chi connectivity index (χ1n) is 17.8. The summed E-state index contributed by atoms with van der Waals surface area (Å²) in [6.45, 7) is 0. The molecular formula is C50H30O2. The Bertz CT molecular complexity index is 3050. The highest BCUT2D eigenvalue weighted by Crippen LogP contribution is 2.49. The number of benzene rings is 9. The molecule has 0 aliphatic rings. The molecular weight excluding hydrogens is 633 g/mol. The fraction of sp³-hybridized carbons (Fsp3) is 0. The van der Waals surface area contributed by atoms with Gasteiger partial charge in [-0.1, -0.05) is 152 Å². The van der Waals surface area contributed by atoms with Crippen molar-refractivity contribution in [2.75, 3.05) is 0 Å². The van der Waals surface area contributed by atoms with Gasteiger partial charge < -0.3 is 8.83 Å². The van der Waals surface area contributed by atoms with Gasteiger partial charge >= 0.3 is 0 Å². The quantitative estimate of drug-likeness (QED) is 0.175. The molecule has 2 heteroatoms. The topological polar surface area (TPSA) is 26.3 Å². The van der Waals surface area contributed by atoms with Crippen LogP contribution in [0.5, 0.6) is 0 Å². The minimum atomic E-state index is 0.828. The van der Waals surface area contributed by atoms with Gasteiger partial charge in [0, 0.05) is 27.6 Å². The molecule has 0 saturated carbocycles. The molecule has 11 aromatic rings. The maximum absolute atomic E-state index is 6.45. The van der Waals surface area contributed by atoms with Crippen LogP contribution in [0.3, 0.4) is 0 Å². The third-order valence-electron chi connectivity index (χ3n) is 10.7. The lowest BCUT2D eigenvalue weighted by molar-refractivity contribution is 0.656. The fourth-order valence-electron chi connectivity index (χ4n) is 8.40. The molecule has 0 unspecified atom stereocenters. The molecule has 0 saturated heterocycles. The van der Waals surface area contributed by atoms with Crippen LogP contribution in [0.1, 0.15) is 0 Å². The van der Waals surface area contributed by atoms with Crippen molar-refractivity contribution in [3.8, 4) is 44.5 Å². The molecule has 0 N–H and O–H groups in total. The number of para-hydroxylation sites is 1. The van der Waals surface area contributed by atoms with E-state index in [-0.39, 0.29) is 0 Å². The van der Waals surface area contributed by atoms with E-state index < -0.39 is 0 Å². The zero-order valence-electron chi connectivity index (χ0n) is 28.1. The second-order valence-corrected chi connectivity index (χ2v) is 13.6. The average molecular weight is 663 g/mol. The molecule has 0 aliphatic heterocycles. The van der Waals surface area contributed by atoms with Crippen molar-refractivity contribution in [1.29, 1.82) is 0 Å². The first-order valence-corrected chi connectivity index (χ1v) is 17.8. The Labute approximate surface area is 299 Å². The largest absolute Gasteiger partial charge is 0.456 e. The highest BCUT2D eigenvalue weighted by Gasteiger charge is 2.22. The van der Waals surface area contributed by atoms with Crippen LogP contribution in [-0.2, 0) is 0 Å². The lowest BCUT2D eigenvalue weighted by Gasteiger charge is -2.22. The van der Waals surface area contributed by atoms with E-state index in [1.54, 1.807) is 0 Å². The molecule has 9 aromatic carbocycles. The lowest BCUT2D eigenvalue weighted by atomic mass is 9.81. The van der Waals surface area contributed by atoms with Gasteiger partial charge in [0.25, 0.3) is 0 Å². The highest BCUT2D eigenvalue weighted by molar-refractivity contribution is 6.24. The second kappa shape index (κ2) is 11.3. The van der Waals surface area contributed by atoms with Gasteiger partial charge in [-0.2, -0.15) is 0 Å². The Balaban J connectivity index is 1.23. The van der Waals surface area contributed by atoms with Crippen molar-refractivity contribution in [3.63, 3.8) is 0 Å². The van der Waals surface area contributed by atoms with Gasteiger partial charge in [-0.05, 0) is 90.3 Å². The first-order chi connectivity index (χ1) is 25.8. The Morgan fingerprint density at radius 3 is 1.29 bits per heavy atom. The molecule has 242 valence electrons. The minimum Gasteiger partial charge on any atom is -0.456 e. The van der Waals surface area contributed by atoms with E-state index in [1.807, 2.05) is 18.2 Å². The zero-order chi connectivity index (χ0) is 34.2. The second-order valence-electron chi connectivity index (χ2n) is 13.6. The SMILES string of the molecule is c1ccc(-c2cccc(-c3ccccc3)c2-c2c3ccccc3c(-c3ccc4oc5cc6oc7ccccc7c6cc5c4c3)c3ccccc23)cc1. The third-order valence-corrected chi connectivity index (χ3v) is 10.7. The van der Waals surface area contributed by atoms with E-state index in [4.69, 9.17) is 8.83 Å². The molecule has 0 bridgehead atoms. The number of furan rings is 2. The van der Waals surface area contributed by atoms with E-state index in [9.17, 15) is 0 Å². The molecule has 2 aromatic heterocycles. The Hall–Kier alpha value is -6.90. The Morgan fingerprint density at radius 2 is 0.692 bits per heavy atom. The molecule has 2 nitrogen and oxygen atoms in total. The standard InChI is InChI=1S/C50H30O2/c1-3-14-31(15-4-1)34-23-13-24-35(32-16-5-2-6-17-32)49(34)50-39-21-9-7-19-37(39)48(38-20-8-10-22-40(38)50)33-26-27-45-41(28-33)43-29-42-36-18-11-12-25-44(36)51-46(42)30-47(43)52-45/h1-30H. The van der Waals surface area contributed by atoms with Crippen molar-refractivity contribution in [2.45, 2.75) is 0 Å². The van der Waals surface area contributed by atoms with Crippen molar-refractivity contribution < 1.29 is 8.83 Å². The molecule has 0 aliphatic carbocycles. The van der Waals surface area contributed by atoms with Gasteiger partial charge in [0.1, 0.15) is 22.3 Å². The van der Waals surface area contributed by atoms with Crippen LogP contribution in [0.2, 0.25) is 0 Å². The van der Waals surface area contributed by atoms with E-state index in [0.29, 0.717) is 0 Å². The zero-order valence-corrected chi connectivity index (χ0v) is 28.1. The molecule has 2 heterocycles. The molecule has 0 spiro atoms.